The fraction of sp³-hybridized carbons (Fsp3) is 0.133. The van der Waals surface area contributed by atoms with Crippen LogP contribution in [0.5, 0.6) is 28.7 Å². The van der Waals surface area contributed by atoms with E-state index in [1.807, 2.05) is 0 Å². The number of aryl methyl sites for hydroxylation is 1. The highest BCUT2D eigenvalue weighted by atomic mass is 16.5. The maximum absolute atomic E-state index is 12.3. The van der Waals surface area contributed by atoms with Crippen LogP contribution >= 0.6 is 0 Å². The average Bonchev–Trinajstić information content (AvgIpc) is 2.86. The summed E-state index contributed by atoms with van der Waals surface area (Å²) in [7, 11) is 0. The van der Waals surface area contributed by atoms with Gasteiger partial charge in [-0.15, -0.1) is 0 Å². The van der Waals surface area contributed by atoms with Gasteiger partial charge in [-0.1, -0.05) is 18.2 Å². The molecule has 0 amide bonds. The van der Waals surface area contributed by atoms with Crippen molar-refractivity contribution in [2.24, 2.45) is 0 Å². The lowest BCUT2D eigenvalue weighted by atomic mass is 9.98. The van der Waals surface area contributed by atoms with E-state index in [2.05, 4.69) is 0 Å². The molecule has 0 bridgehead atoms. The Kier molecular flexibility index (Phi) is 9.43. The number of carbonyl (C=O) groups excluding carboxylic acids is 3. The van der Waals surface area contributed by atoms with Crippen molar-refractivity contribution in [2.75, 3.05) is 0 Å². The SMILES string of the molecule is CC(=O)Oc1ccc(/C=C/C(=O)Oc2ccc(C/C(=C\c3ccc(OC(C)=O)c(O)c3)C(=O)O)c(C)c2)cc1O. The number of aliphatic carboxylic acids is 1. The quantitative estimate of drug-likeness (QED) is 0.197. The Morgan fingerprint density at radius 2 is 1.35 bits per heavy atom. The standard InChI is InChI=1S/C30H26O10/c1-17-12-24(40-29(35)11-6-20-4-9-27(25(33)14-20)38-18(2)31)8-7-22(17)16-23(30(36)37)13-21-5-10-28(26(34)15-21)39-19(3)32/h4-15,33-34H,16H2,1-3H3,(H,36,37)/b11-6+,23-13+. The Bertz CT molecular complexity index is 1530. The Morgan fingerprint density at radius 1 is 0.775 bits per heavy atom. The number of rotatable bonds is 9. The van der Waals surface area contributed by atoms with Gasteiger partial charge in [-0.25, -0.2) is 9.59 Å². The molecule has 40 heavy (non-hydrogen) atoms. The van der Waals surface area contributed by atoms with E-state index in [4.69, 9.17) is 14.2 Å². The highest BCUT2D eigenvalue weighted by Crippen LogP contribution is 2.29. The fourth-order valence-electron chi connectivity index (χ4n) is 3.58. The van der Waals surface area contributed by atoms with E-state index >= 15 is 0 Å². The molecule has 0 saturated heterocycles. The van der Waals surface area contributed by atoms with Crippen LogP contribution in [0, 0.1) is 6.92 Å². The third kappa shape index (κ3) is 8.32. The van der Waals surface area contributed by atoms with Crippen molar-refractivity contribution in [1.29, 1.82) is 0 Å². The van der Waals surface area contributed by atoms with E-state index in [-0.39, 0.29) is 40.7 Å². The van der Waals surface area contributed by atoms with Crippen molar-refractivity contribution in [1.82, 2.24) is 0 Å². The molecule has 0 aliphatic rings. The largest absolute Gasteiger partial charge is 0.504 e. The number of aromatic hydroxyl groups is 2. The van der Waals surface area contributed by atoms with Crippen LogP contribution < -0.4 is 14.2 Å². The van der Waals surface area contributed by atoms with Gasteiger partial charge in [0.15, 0.2) is 23.0 Å². The highest BCUT2D eigenvalue weighted by Gasteiger charge is 2.13. The molecule has 3 aromatic rings. The Morgan fingerprint density at radius 3 is 1.88 bits per heavy atom. The van der Waals surface area contributed by atoms with Crippen molar-refractivity contribution in [3.05, 3.63) is 88.5 Å². The molecule has 0 fully saturated rings. The van der Waals surface area contributed by atoms with Crippen LogP contribution in [0.2, 0.25) is 0 Å². The molecule has 10 heteroatoms. The number of esters is 3. The van der Waals surface area contributed by atoms with Gasteiger partial charge in [0.2, 0.25) is 0 Å². The van der Waals surface area contributed by atoms with Gasteiger partial charge in [-0.3, -0.25) is 9.59 Å². The minimum Gasteiger partial charge on any atom is -0.504 e. The van der Waals surface area contributed by atoms with E-state index in [1.165, 1.54) is 62.4 Å². The van der Waals surface area contributed by atoms with Gasteiger partial charge in [0.05, 0.1) is 0 Å². The van der Waals surface area contributed by atoms with Gasteiger partial charge in [-0.05, 0) is 77.7 Å². The molecule has 3 N–H and O–H groups in total. The van der Waals surface area contributed by atoms with Crippen LogP contribution in [0.4, 0.5) is 0 Å². The van der Waals surface area contributed by atoms with Crippen molar-refractivity contribution >= 4 is 36.0 Å². The Labute approximate surface area is 229 Å². The summed E-state index contributed by atoms with van der Waals surface area (Å²) in [5.74, 6) is -3.37. The maximum Gasteiger partial charge on any atom is 0.336 e. The summed E-state index contributed by atoms with van der Waals surface area (Å²) in [5.41, 5.74) is 2.27. The predicted molar refractivity (Wildman–Crippen MR) is 144 cm³/mol. The van der Waals surface area contributed by atoms with Crippen LogP contribution in [-0.4, -0.2) is 39.2 Å². The van der Waals surface area contributed by atoms with Gasteiger partial charge >= 0.3 is 23.9 Å². The lowest BCUT2D eigenvalue weighted by Gasteiger charge is -2.10. The summed E-state index contributed by atoms with van der Waals surface area (Å²) in [6.07, 6.45) is 4.03. The third-order valence-electron chi connectivity index (χ3n) is 5.41. The number of ether oxygens (including phenoxy) is 3. The van der Waals surface area contributed by atoms with Crippen LogP contribution in [0.1, 0.15) is 36.1 Å². The number of carboxylic acids is 1. The molecule has 3 rings (SSSR count). The van der Waals surface area contributed by atoms with Gasteiger partial charge in [0.1, 0.15) is 5.75 Å². The van der Waals surface area contributed by atoms with Crippen LogP contribution in [0.3, 0.4) is 0 Å². The summed E-state index contributed by atoms with van der Waals surface area (Å²) in [6, 6.07) is 13.2. The van der Waals surface area contributed by atoms with Crippen LogP contribution in [0.15, 0.2) is 66.2 Å². The first-order valence-electron chi connectivity index (χ1n) is 11.9. The van der Waals surface area contributed by atoms with E-state index in [1.54, 1.807) is 25.1 Å². The molecule has 3 aromatic carbocycles. The second-order valence-corrected chi connectivity index (χ2v) is 8.64. The second-order valence-electron chi connectivity index (χ2n) is 8.64. The summed E-state index contributed by atoms with van der Waals surface area (Å²) >= 11 is 0. The molecular formula is C30H26O10. The first-order chi connectivity index (χ1) is 18.9. The molecule has 0 radical (unpaired) electrons. The van der Waals surface area contributed by atoms with Crippen molar-refractivity contribution in [2.45, 2.75) is 27.2 Å². The molecule has 0 aliphatic carbocycles. The normalized spacial score (nSPS) is 11.2. The number of carbonyl (C=O) groups is 4. The monoisotopic (exact) mass is 546 g/mol. The summed E-state index contributed by atoms with van der Waals surface area (Å²) in [6.45, 7) is 4.15. The van der Waals surface area contributed by atoms with Crippen LogP contribution in [-0.2, 0) is 25.6 Å². The molecule has 10 nitrogen and oxygen atoms in total. The number of phenolic OH excluding ortho intramolecular Hbond substituents is 2. The van der Waals surface area contributed by atoms with Gasteiger partial charge in [0.25, 0.3) is 0 Å². The van der Waals surface area contributed by atoms with Gasteiger partial charge in [0, 0.05) is 31.9 Å². The molecule has 0 aromatic heterocycles. The van der Waals surface area contributed by atoms with Gasteiger partial charge in [-0.2, -0.15) is 0 Å². The molecule has 0 heterocycles. The fourth-order valence-corrected chi connectivity index (χ4v) is 3.58. The zero-order chi connectivity index (χ0) is 29.4. The summed E-state index contributed by atoms with van der Waals surface area (Å²) in [5, 5.41) is 29.7. The second kappa shape index (κ2) is 12.9. The number of hydrogen-bond donors (Lipinski definition) is 3. The molecule has 0 unspecified atom stereocenters. The smallest absolute Gasteiger partial charge is 0.336 e. The number of carboxylic acid groups (broad SMARTS) is 1. The number of phenols is 2. The zero-order valence-corrected chi connectivity index (χ0v) is 21.8. The van der Waals surface area contributed by atoms with Crippen LogP contribution in [0.25, 0.3) is 12.2 Å². The minimum atomic E-state index is -1.16. The molecule has 206 valence electrons. The molecule has 0 saturated carbocycles. The average molecular weight is 547 g/mol. The first-order valence-corrected chi connectivity index (χ1v) is 11.9. The summed E-state index contributed by atoms with van der Waals surface area (Å²) in [4.78, 5) is 46.3. The van der Waals surface area contributed by atoms with E-state index in [9.17, 15) is 34.5 Å². The Balaban J connectivity index is 1.69. The van der Waals surface area contributed by atoms with Crippen molar-refractivity contribution < 1.29 is 48.7 Å². The lowest BCUT2D eigenvalue weighted by Crippen LogP contribution is -2.07. The van der Waals surface area contributed by atoms with E-state index in [0.29, 0.717) is 22.3 Å². The Hall–Kier alpha value is -5.38. The topological polar surface area (TPSA) is 157 Å². The predicted octanol–water partition coefficient (Wildman–Crippen LogP) is 4.59. The molecule has 0 spiro atoms. The van der Waals surface area contributed by atoms with Crippen molar-refractivity contribution in [3.63, 3.8) is 0 Å². The first kappa shape index (κ1) is 29.2. The number of benzene rings is 3. The van der Waals surface area contributed by atoms with E-state index < -0.39 is 23.9 Å². The highest BCUT2D eigenvalue weighted by molar-refractivity contribution is 5.93. The van der Waals surface area contributed by atoms with E-state index in [0.717, 1.165) is 6.08 Å². The molecular weight excluding hydrogens is 520 g/mol. The third-order valence-corrected chi connectivity index (χ3v) is 5.41. The molecule has 0 aliphatic heterocycles. The van der Waals surface area contributed by atoms with Gasteiger partial charge < -0.3 is 29.5 Å². The maximum atomic E-state index is 12.3. The lowest BCUT2D eigenvalue weighted by molar-refractivity contribution is -0.133. The minimum absolute atomic E-state index is 0.000917. The summed E-state index contributed by atoms with van der Waals surface area (Å²) < 4.78 is 15.0. The van der Waals surface area contributed by atoms with Crippen molar-refractivity contribution in [3.8, 4) is 28.7 Å². The zero-order valence-electron chi connectivity index (χ0n) is 21.8. The number of hydrogen-bond acceptors (Lipinski definition) is 9. The molecule has 0 atom stereocenters.